The second kappa shape index (κ2) is 11.3. The lowest BCUT2D eigenvalue weighted by Crippen LogP contribution is -2.35. The quantitative estimate of drug-likeness (QED) is 0.447. The normalized spacial score (nSPS) is 10.8. The molecule has 0 saturated carbocycles. The highest BCUT2D eigenvalue weighted by atomic mass is 16.5. The Kier molecular flexibility index (Phi) is 8.43. The fourth-order valence-electron chi connectivity index (χ4n) is 2.49. The molecule has 0 spiro atoms. The topological polar surface area (TPSA) is 117 Å². The minimum atomic E-state index is -1.19. The van der Waals surface area contributed by atoms with E-state index in [1.54, 1.807) is 55.6 Å². The molecule has 0 heterocycles. The number of hydrogen-bond acceptors (Lipinski definition) is 6. The predicted octanol–water partition coefficient (Wildman–Crippen LogP) is 1.12. The lowest BCUT2D eigenvalue weighted by atomic mass is 10.1. The standard InChI is InChI=1S/C22H24N2O6/c1-29-17-9-5-15(6-10-17)14-19(22(28)23-13-3-4-20(25)26)24-21(27)16-7-11-18(30-2)12-8-16/h5-12,14H,3-4,13H2,1-2H3,(H,23,28)(H,24,27)(H,25,26)/p-1/b19-14-. The number of hydrogen-bond donors (Lipinski definition) is 2. The highest BCUT2D eigenvalue weighted by molar-refractivity contribution is 6.05. The summed E-state index contributed by atoms with van der Waals surface area (Å²) in [4.78, 5) is 35.7. The molecular weight excluding hydrogens is 388 g/mol. The maximum absolute atomic E-state index is 12.6. The van der Waals surface area contributed by atoms with Gasteiger partial charge in [0.2, 0.25) is 0 Å². The van der Waals surface area contributed by atoms with Gasteiger partial charge in [0.25, 0.3) is 11.8 Å². The Labute approximate surface area is 174 Å². The van der Waals surface area contributed by atoms with Gasteiger partial charge in [-0.15, -0.1) is 0 Å². The zero-order valence-electron chi connectivity index (χ0n) is 16.8. The van der Waals surface area contributed by atoms with E-state index < -0.39 is 17.8 Å². The number of amides is 2. The minimum absolute atomic E-state index is 0.0226. The number of benzene rings is 2. The molecule has 0 aromatic heterocycles. The Hall–Kier alpha value is -3.81. The predicted molar refractivity (Wildman–Crippen MR) is 109 cm³/mol. The van der Waals surface area contributed by atoms with Crippen LogP contribution in [0.4, 0.5) is 0 Å². The molecule has 2 amide bonds. The zero-order chi connectivity index (χ0) is 21.9. The van der Waals surface area contributed by atoms with Crippen molar-refractivity contribution in [3.05, 3.63) is 65.4 Å². The Morgan fingerprint density at radius 1 is 0.933 bits per heavy atom. The van der Waals surface area contributed by atoms with E-state index in [0.29, 0.717) is 22.6 Å². The maximum Gasteiger partial charge on any atom is 0.267 e. The molecular formula is C22H23N2O6-. The van der Waals surface area contributed by atoms with Crippen molar-refractivity contribution < 1.29 is 29.0 Å². The van der Waals surface area contributed by atoms with Gasteiger partial charge < -0.3 is 30.0 Å². The molecule has 30 heavy (non-hydrogen) atoms. The Balaban J connectivity index is 2.17. The van der Waals surface area contributed by atoms with Crippen LogP contribution in [0, 0.1) is 0 Å². The fourth-order valence-corrected chi connectivity index (χ4v) is 2.49. The van der Waals surface area contributed by atoms with Gasteiger partial charge in [-0.1, -0.05) is 12.1 Å². The average Bonchev–Trinajstić information content (AvgIpc) is 2.76. The number of aliphatic carboxylic acids is 1. The van der Waals surface area contributed by atoms with E-state index in [-0.39, 0.29) is 25.1 Å². The van der Waals surface area contributed by atoms with E-state index in [9.17, 15) is 19.5 Å². The number of ether oxygens (including phenoxy) is 2. The smallest absolute Gasteiger partial charge is 0.267 e. The van der Waals surface area contributed by atoms with Gasteiger partial charge in [-0.3, -0.25) is 9.59 Å². The number of carboxylic acid groups (broad SMARTS) is 1. The lowest BCUT2D eigenvalue weighted by molar-refractivity contribution is -0.305. The van der Waals surface area contributed by atoms with Crippen molar-refractivity contribution >= 4 is 23.9 Å². The molecule has 2 aromatic carbocycles. The largest absolute Gasteiger partial charge is 0.550 e. The second-order valence-electron chi connectivity index (χ2n) is 6.25. The van der Waals surface area contributed by atoms with Crippen molar-refractivity contribution in [2.24, 2.45) is 0 Å². The molecule has 0 radical (unpaired) electrons. The molecule has 0 atom stereocenters. The van der Waals surface area contributed by atoms with E-state index in [2.05, 4.69) is 10.6 Å². The molecule has 0 aliphatic heterocycles. The van der Waals surface area contributed by atoms with Crippen LogP contribution >= 0.6 is 0 Å². The first-order chi connectivity index (χ1) is 14.4. The summed E-state index contributed by atoms with van der Waals surface area (Å²) in [6, 6.07) is 13.4. The monoisotopic (exact) mass is 411 g/mol. The molecule has 0 saturated heterocycles. The number of nitrogens with one attached hydrogen (secondary N) is 2. The number of carbonyl (C=O) groups is 3. The Morgan fingerprint density at radius 2 is 1.50 bits per heavy atom. The molecule has 0 bridgehead atoms. The first-order valence-electron chi connectivity index (χ1n) is 9.22. The van der Waals surface area contributed by atoms with Gasteiger partial charge in [-0.25, -0.2) is 0 Å². The first kappa shape index (κ1) is 22.5. The van der Waals surface area contributed by atoms with Crippen LogP contribution in [-0.4, -0.2) is 38.5 Å². The van der Waals surface area contributed by atoms with Gasteiger partial charge in [-0.05, 0) is 60.9 Å². The summed E-state index contributed by atoms with van der Waals surface area (Å²) in [5.74, 6) is -0.937. The number of carbonyl (C=O) groups excluding carboxylic acids is 3. The van der Waals surface area contributed by atoms with E-state index in [1.807, 2.05) is 0 Å². The van der Waals surface area contributed by atoms with Crippen LogP contribution in [0.3, 0.4) is 0 Å². The summed E-state index contributed by atoms with van der Waals surface area (Å²) in [5, 5.41) is 15.7. The summed E-state index contributed by atoms with van der Waals surface area (Å²) >= 11 is 0. The van der Waals surface area contributed by atoms with Crippen LogP contribution < -0.4 is 25.2 Å². The molecule has 158 valence electrons. The molecule has 0 fully saturated rings. The van der Waals surface area contributed by atoms with Gasteiger partial charge in [0.1, 0.15) is 17.2 Å². The second-order valence-corrected chi connectivity index (χ2v) is 6.25. The van der Waals surface area contributed by atoms with Crippen molar-refractivity contribution in [3.63, 3.8) is 0 Å². The lowest BCUT2D eigenvalue weighted by Gasteiger charge is -2.12. The number of rotatable bonds is 10. The van der Waals surface area contributed by atoms with Gasteiger partial charge in [0.05, 0.1) is 14.2 Å². The van der Waals surface area contributed by atoms with Crippen LogP contribution in [0.25, 0.3) is 6.08 Å². The number of carboxylic acids is 1. The van der Waals surface area contributed by atoms with Crippen LogP contribution in [0.2, 0.25) is 0 Å². The number of methoxy groups -OCH3 is 2. The molecule has 2 aromatic rings. The fraction of sp³-hybridized carbons (Fsp3) is 0.227. The van der Waals surface area contributed by atoms with Crippen molar-refractivity contribution in [2.45, 2.75) is 12.8 Å². The molecule has 8 nitrogen and oxygen atoms in total. The molecule has 0 unspecified atom stereocenters. The zero-order valence-corrected chi connectivity index (χ0v) is 16.8. The van der Waals surface area contributed by atoms with E-state index in [1.165, 1.54) is 13.2 Å². The van der Waals surface area contributed by atoms with E-state index in [0.717, 1.165) is 0 Å². The Morgan fingerprint density at radius 3 is 2.03 bits per heavy atom. The van der Waals surface area contributed by atoms with Crippen molar-refractivity contribution in [1.82, 2.24) is 10.6 Å². The first-order valence-corrected chi connectivity index (χ1v) is 9.22. The third-order valence-corrected chi connectivity index (χ3v) is 4.12. The minimum Gasteiger partial charge on any atom is -0.550 e. The molecule has 2 rings (SSSR count). The van der Waals surface area contributed by atoms with Crippen LogP contribution in [0.15, 0.2) is 54.2 Å². The summed E-state index contributed by atoms with van der Waals surface area (Å²) < 4.78 is 10.2. The summed E-state index contributed by atoms with van der Waals surface area (Å²) in [6.07, 6.45) is 1.57. The highest BCUT2D eigenvalue weighted by Gasteiger charge is 2.14. The highest BCUT2D eigenvalue weighted by Crippen LogP contribution is 2.15. The van der Waals surface area contributed by atoms with Crippen LogP contribution in [0.1, 0.15) is 28.8 Å². The van der Waals surface area contributed by atoms with Crippen LogP contribution in [-0.2, 0) is 9.59 Å². The molecule has 0 aliphatic rings. The summed E-state index contributed by atoms with van der Waals surface area (Å²) in [5.41, 5.74) is 1.04. The Bertz CT molecular complexity index is 904. The molecule has 0 aliphatic carbocycles. The maximum atomic E-state index is 12.6. The van der Waals surface area contributed by atoms with Gasteiger partial charge in [-0.2, -0.15) is 0 Å². The SMILES string of the molecule is COc1ccc(/C=C(\NC(=O)c2ccc(OC)cc2)C(=O)NCCCC(=O)[O-])cc1. The van der Waals surface area contributed by atoms with Gasteiger partial charge >= 0.3 is 0 Å². The van der Waals surface area contributed by atoms with Crippen molar-refractivity contribution in [2.75, 3.05) is 20.8 Å². The average molecular weight is 411 g/mol. The molecule has 8 heteroatoms. The van der Waals surface area contributed by atoms with Crippen molar-refractivity contribution in [3.8, 4) is 11.5 Å². The third kappa shape index (κ3) is 6.97. The summed E-state index contributed by atoms with van der Waals surface area (Å²) in [6.45, 7) is 0.130. The van der Waals surface area contributed by atoms with Gasteiger partial charge in [0, 0.05) is 18.1 Å². The van der Waals surface area contributed by atoms with Crippen molar-refractivity contribution in [1.29, 1.82) is 0 Å². The molecule has 2 N–H and O–H groups in total. The third-order valence-electron chi connectivity index (χ3n) is 4.12. The summed E-state index contributed by atoms with van der Waals surface area (Å²) in [7, 11) is 3.07. The van der Waals surface area contributed by atoms with E-state index in [4.69, 9.17) is 9.47 Å². The van der Waals surface area contributed by atoms with Crippen LogP contribution in [0.5, 0.6) is 11.5 Å². The van der Waals surface area contributed by atoms with E-state index >= 15 is 0 Å². The van der Waals surface area contributed by atoms with Gasteiger partial charge in [0.15, 0.2) is 0 Å².